The summed E-state index contributed by atoms with van der Waals surface area (Å²) in [6.07, 6.45) is 3.51. The maximum Gasteiger partial charge on any atom is 0.327 e. The van der Waals surface area contributed by atoms with Gasteiger partial charge >= 0.3 is 5.69 Å². The Balaban J connectivity index is 2.75. The molecular formula is C9H17N3O. The van der Waals surface area contributed by atoms with Gasteiger partial charge in [-0.2, -0.15) is 0 Å². The Kier molecular flexibility index (Phi) is 2.93. The Morgan fingerprint density at radius 1 is 1.46 bits per heavy atom. The molecule has 13 heavy (non-hydrogen) atoms. The fourth-order valence-corrected chi connectivity index (χ4v) is 1.09. The lowest BCUT2D eigenvalue weighted by Crippen LogP contribution is -2.35. The van der Waals surface area contributed by atoms with E-state index in [0.717, 1.165) is 0 Å². The zero-order chi connectivity index (χ0) is 10.0. The molecule has 0 radical (unpaired) electrons. The standard InChI is InChI=1S/C9H17N3O/c1-7(2)8(10)6-12-5-4-11(3)9(12)13/h4-5,7-8H,6,10H2,1-3H3. The fourth-order valence-electron chi connectivity index (χ4n) is 1.09. The van der Waals surface area contributed by atoms with Crippen molar-refractivity contribution >= 4 is 0 Å². The van der Waals surface area contributed by atoms with Crippen LogP contribution < -0.4 is 11.4 Å². The quantitative estimate of drug-likeness (QED) is 0.726. The van der Waals surface area contributed by atoms with E-state index >= 15 is 0 Å². The molecule has 2 N–H and O–H groups in total. The molecule has 0 saturated heterocycles. The number of nitrogens with two attached hydrogens (primary N) is 1. The molecule has 1 aromatic heterocycles. The van der Waals surface area contributed by atoms with Crippen LogP contribution in [0.15, 0.2) is 17.2 Å². The Morgan fingerprint density at radius 2 is 2.08 bits per heavy atom. The molecule has 1 atom stereocenters. The van der Waals surface area contributed by atoms with Crippen molar-refractivity contribution in [1.29, 1.82) is 0 Å². The van der Waals surface area contributed by atoms with Crippen molar-refractivity contribution in [3.8, 4) is 0 Å². The Hall–Kier alpha value is -1.03. The monoisotopic (exact) mass is 183 g/mol. The number of aromatic nitrogens is 2. The largest absolute Gasteiger partial charge is 0.327 e. The van der Waals surface area contributed by atoms with E-state index < -0.39 is 0 Å². The summed E-state index contributed by atoms with van der Waals surface area (Å²) in [4.78, 5) is 11.4. The molecule has 74 valence electrons. The van der Waals surface area contributed by atoms with E-state index in [1.807, 2.05) is 0 Å². The lowest BCUT2D eigenvalue weighted by molar-refractivity contribution is 0.426. The van der Waals surface area contributed by atoms with Crippen molar-refractivity contribution in [2.24, 2.45) is 18.7 Å². The minimum atomic E-state index is -0.00361. The number of imidazole rings is 1. The van der Waals surface area contributed by atoms with Gasteiger partial charge in [-0.15, -0.1) is 0 Å². The van der Waals surface area contributed by atoms with Crippen LogP contribution in [0.5, 0.6) is 0 Å². The average molecular weight is 183 g/mol. The van der Waals surface area contributed by atoms with E-state index in [-0.39, 0.29) is 11.7 Å². The molecule has 0 amide bonds. The Bertz CT molecular complexity index is 324. The van der Waals surface area contributed by atoms with E-state index in [2.05, 4.69) is 13.8 Å². The van der Waals surface area contributed by atoms with Gasteiger partial charge < -0.3 is 10.3 Å². The number of nitrogens with zero attached hydrogens (tertiary/aromatic N) is 2. The van der Waals surface area contributed by atoms with Gasteiger partial charge in [0.1, 0.15) is 0 Å². The molecule has 0 bridgehead atoms. The molecule has 0 aliphatic heterocycles. The van der Waals surface area contributed by atoms with Gasteiger partial charge in [0, 0.05) is 32.0 Å². The van der Waals surface area contributed by atoms with Crippen LogP contribution in [-0.4, -0.2) is 15.2 Å². The number of hydrogen-bond acceptors (Lipinski definition) is 2. The fraction of sp³-hybridized carbons (Fsp3) is 0.667. The highest BCUT2D eigenvalue weighted by Gasteiger charge is 2.09. The molecule has 0 aliphatic carbocycles. The van der Waals surface area contributed by atoms with Crippen molar-refractivity contribution in [3.63, 3.8) is 0 Å². The second-order valence-corrected chi connectivity index (χ2v) is 3.75. The first kappa shape index (κ1) is 10.1. The van der Waals surface area contributed by atoms with Crippen molar-refractivity contribution < 1.29 is 0 Å². The van der Waals surface area contributed by atoms with E-state index in [1.54, 1.807) is 28.6 Å². The number of aryl methyl sites for hydroxylation is 1. The minimum absolute atomic E-state index is 0.00361. The van der Waals surface area contributed by atoms with Gasteiger partial charge in [-0.1, -0.05) is 13.8 Å². The molecule has 0 spiro atoms. The van der Waals surface area contributed by atoms with Gasteiger partial charge in [-0.05, 0) is 5.92 Å². The van der Waals surface area contributed by atoms with Gasteiger partial charge in [-0.25, -0.2) is 4.79 Å². The zero-order valence-electron chi connectivity index (χ0n) is 8.40. The molecule has 1 unspecified atom stereocenters. The van der Waals surface area contributed by atoms with E-state index in [1.165, 1.54) is 0 Å². The third kappa shape index (κ3) is 2.21. The molecule has 0 fully saturated rings. The van der Waals surface area contributed by atoms with Crippen LogP contribution in [0.25, 0.3) is 0 Å². The molecule has 1 heterocycles. The summed E-state index contributed by atoms with van der Waals surface area (Å²) in [6, 6.07) is 0.0418. The lowest BCUT2D eigenvalue weighted by Gasteiger charge is -2.15. The molecule has 4 nitrogen and oxygen atoms in total. The average Bonchev–Trinajstić information content (AvgIpc) is 2.36. The molecule has 1 aromatic rings. The SMILES string of the molecule is CC(C)C(N)Cn1ccn(C)c1=O. The highest BCUT2D eigenvalue weighted by atomic mass is 16.1. The van der Waals surface area contributed by atoms with Gasteiger partial charge in [0.15, 0.2) is 0 Å². The van der Waals surface area contributed by atoms with E-state index in [4.69, 9.17) is 5.73 Å². The molecule has 4 heteroatoms. The highest BCUT2D eigenvalue weighted by Crippen LogP contribution is 1.99. The molecule has 1 rings (SSSR count). The van der Waals surface area contributed by atoms with Gasteiger partial charge in [0.05, 0.1) is 0 Å². The first-order valence-electron chi connectivity index (χ1n) is 4.49. The van der Waals surface area contributed by atoms with Crippen LogP contribution in [0.1, 0.15) is 13.8 Å². The summed E-state index contributed by atoms with van der Waals surface area (Å²) < 4.78 is 3.19. The summed E-state index contributed by atoms with van der Waals surface area (Å²) in [5, 5.41) is 0. The predicted molar refractivity (Wildman–Crippen MR) is 52.5 cm³/mol. The van der Waals surface area contributed by atoms with Crippen LogP contribution in [-0.2, 0) is 13.6 Å². The summed E-state index contributed by atoms with van der Waals surface area (Å²) in [7, 11) is 1.74. The topological polar surface area (TPSA) is 52.9 Å². The predicted octanol–water partition coefficient (Wildman–Crippen LogP) is 0.170. The maximum atomic E-state index is 11.4. The second kappa shape index (κ2) is 3.79. The Morgan fingerprint density at radius 3 is 2.46 bits per heavy atom. The molecule has 0 saturated carbocycles. The van der Waals surface area contributed by atoms with Crippen molar-refractivity contribution in [1.82, 2.24) is 9.13 Å². The van der Waals surface area contributed by atoms with Crippen LogP contribution in [0.2, 0.25) is 0 Å². The normalized spacial score (nSPS) is 13.6. The molecule has 0 aromatic carbocycles. The third-order valence-corrected chi connectivity index (χ3v) is 2.28. The second-order valence-electron chi connectivity index (χ2n) is 3.75. The first-order valence-corrected chi connectivity index (χ1v) is 4.49. The van der Waals surface area contributed by atoms with Crippen LogP contribution in [0, 0.1) is 5.92 Å². The van der Waals surface area contributed by atoms with Crippen LogP contribution in [0.3, 0.4) is 0 Å². The number of hydrogen-bond donors (Lipinski definition) is 1. The summed E-state index contributed by atoms with van der Waals surface area (Å²) in [5.41, 5.74) is 5.85. The summed E-state index contributed by atoms with van der Waals surface area (Å²) >= 11 is 0. The summed E-state index contributed by atoms with van der Waals surface area (Å²) in [5.74, 6) is 0.395. The molecule has 0 aliphatic rings. The van der Waals surface area contributed by atoms with Crippen molar-refractivity contribution in [2.75, 3.05) is 0 Å². The smallest absolute Gasteiger partial charge is 0.326 e. The van der Waals surface area contributed by atoms with Crippen LogP contribution >= 0.6 is 0 Å². The third-order valence-electron chi connectivity index (χ3n) is 2.28. The van der Waals surface area contributed by atoms with Crippen molar-refractivity contribution in [3.05, 3.63) is 22.9 Å². The first-order chi connectivity index (χ1) is 6.02. The van der Waals surface area contributed by atoms with Gasteiger partial charge in [0.25, 0.3) is 0 Å². The lowest BCUT2D eigenvalue weighted by atomic mass is 10.1. The highest BCUT2D eigenvalue weighted by molar-refractivity contribution is 4.82. The minimum Gasteiger partial charge on any atom is -0.326 e. The summed E-state index contributed by atoms with van der Waals surface area (Å²) in [6.45, 7) is 4.70. The molecular weight excluding hydrogens is 166 g/mol. The van der Waals surface area contributed by atoms with Gasteiger partial charge in [0.2, 0.25) is 0 Å². The van der Waals surface area contributed by atoms with E-state index in [9.17, 15) is 4.79 Å². The number of rotatable bonds is 3. The van der Waals surface area contributed by atoms with Gasteiger partial charge in [-0.3, -0.25) is 4.57 Å². The zero-order valence-corrected chi connectivity index (χ0v) is 8.40. The van der Waals surface area contributed by atoms with E-state index in [0.29, 0.717) is 12.5 Å². The van der Waals surface area contributed by atoms with Crippen LogP contribution in [0.4, 0.5) is 0 Å². The maximum absolute atomic E-state index is 11.4. The van der Waals surface area contributed by atoms with Crippen molar-refractivity contribution in [2.45, 2.75) is 26.4 Å². The Labute approximate surface area is 78.0 Å².